The van der Waals surface area contributed by atoms with Gasteiger partial charge in [-0.05, 0) is 24.3 Å². The normalized spacial score (nSPS) is 10.8. The number of pyridine rings is 1. The molecule has 0 saturated carbocycles. The molecule has 2 nitrogen and oxygen atoms in total. The van der Waals surface area contributed by atoms with Crippen LogP contribution >= 0.6 is 11.6 Å². The van der Waals surface area contributed by atoms with Crippen LogP contribution in [0.4, 0.5) is 10.1 Å². The van der Waals surface area contributed by atoms with Crippen molar-refractivity contribution in [2.24, 2.45) is 0 Å². The molecule has 0 saturated heterocycles. The molecule has 100 valence electrons. The molecule has 0 aliphatic heterocycles. The molecule has 0 atom stereocenters. The second-order valence-corrected chi connectivity index (χ2v) is 4.83. The third-order valence-corrected chi connectivity index (χ3v) is 3.50. The van der Waals surface area contributed by atoms with E-state index in [1.165, 1.54) is 6.07 Å². The Bertz CT molecular complexity index is 787. The Morgan fingerprint density at radius 1 is 1.10 bits per heavy atom. The molecule has 1 N–H and O–H groups in total. The lowest BCUT2D eigenvalue weighted by Gasteiger charge is -2.11. The molecule has 3 rings (SSSR count). The first kappa shape index (κ1) is 12.9. The van der Waals surface area contributed by atoms with Gasteiger partial charge in [0.15, 0.2) is 0 Å². The Labute approximate surface area is 121 Å². The maximum atomic E-state index is 14.0. The van der Waals surface area contributed by atoms with E-state index in [0.29, 0.717) is 21.8 Å². The van der Waals surface area contributed by atoms with Crippen LogP contribution in [0.2, 0.25) is 5.02 Å². The second kappa shape index (κ2) is 5.10. The van der Waals surface area contributed by atoms with Crippen LogP contribution in [0.5, 0.6) is 0 Å². The first-order chi connectivity index (χ1) is 9.70. The van der Waals surface area contributed by atoms with E-state index < -0.39 is 0 Å². The SMILES string of the molecule is CNc1cc2cccc(Cl)c2nc1-c1ccccc1F. The van der Waals surface area contributed by atoms with Crippen molar-refractivity contribution in [2.45, 2.75) is 0 Å². The molecule has 0 fully saturated rings. The average Bonchev–Trinajstić information content (AvgIpc) is 2.47. The third kappa shape index (κ3) is 2.10. The van der Waals surface area contributed by atoms with E-state index >= 15 is 0 Å². The first-order valence-electron chi connectivity index (χ1n) is 6.22. The van der Waals surface area contributed by atoms with Gasteiger partial charge in [-0.1, -0.05) is 35.9 Å². The number of hydrogen-bond donors (Lipinski definition) is 1. The van der Waals surface area contributed by atoms with Crippen LogP contribution in [0.1, 0.15) is 0 Å². The van der Waals surface area contributed by atoms with Crippen LogP contribution in [-0.2, 0) is 0 Å². The van der Waals surface area contributed by atoms with Gasteiger partial charge in [-0.15, -0.1) is 0 Å². The number of nitrogens with one attached hydrogen (secondary N) is 1. The van der Waals surface area contributed by atoms with Crippen molar-refractivity contribution in [3.63, 3.8) is 0 Å². The Morgan fingerprint density at radius 3 is 2.65 bits per heavy atom. The molecule has 0 radical (unpaired) electrons. The summed E-state index contributed by atoms with van der Waals surface area (Å²) >= 11 is 6.18. The van der Waals surface area contributed by atoms with Crippen molar-refractivity contribution >= 4 is 28.2 Å². The molecular formula is C16H12ClFN2. The molecule has 1 heterocycles. The number of anilines is 1. The average molecular weight is 287 g/mol. The number of hydrogen-bond acceptors (Lipinski definition) is 2. The van der Waals surface area contributed by atoms with Crippen LogP contribution in [0, 0.1) is 5.82 Å². The Kier molecular flexibility index (Phi) is 3.28. The minimum Gasteiger partial charge on any atom is -0.386 e. The fourth-order valence-electron chi connectivity index (χ4n) is 2.21. The highest BCUT2D eigenvalue weighted by atomic mass is 35.5. The molecule has 4 heteroatoms. The molecule has 1 aromatic heterocycles. The number of para-hydroxylation sites is 1. The van der Waals surface area contributed by atoms with E-state index in [0.717, 1.165) is 11.1 Å². The molecule has 0 unspecified atom stereocenters. The highest BCUT2D eigenvalue weighted by Gasteiger charge is 2.13. The van der Waals surface area contributed by atoms with Crippen LogP contribution in [-0.4, -0.2) is 12.0 Å². The highest BCUT2D eigenvalue weighted by Crippen LogP contribution is 2.33. The van der Waals surface area contributed by atoms with Gasteiger partial charge in [0.2, 0.25) is 0 Å². The summed E-state index contributed by atoms with van der Waals surface area (Å²) in [6.45, 7) is 0. The fraction of sp³-hybridized carbons (Fsp3) is 0.0625. The lowest BCUT2D eigenvalue weighted by atomic mass is 10.1. The summed E-state index contributed by atoms with van der Waals surface area (Å²) in [4.78, 5) is 4.54. The standard InChI is InChI=1S/C16H12ClFN2/c1-19-14-9-10-5-4-7-12(17)15(10)20-16(14)11-6-2-3-8-13(11)18/h2-9,19H,1H3. The van der Waals surface area contributed by atoms with E-state index in [4.69, 9.17) is 11.6 Å². The third-order valence-electron chi connectivity index (χ3n) is 3.19. The topological polar surface area (TPSA) is 24.9 Å². The monoisotopic (exact) mass is 286 g/mol. The lowest BCUT2D eigenvalue weighted by Crippen LogP contribution is -1.97. The molecule has 3 aromatic rings. The van der Waals surface area contributed by atoms with E-state index in [-0.39, 0.29) is 5.82 Å². The van der Waals surface area contributed by atoms with Crippen molar-refractivity contribution in [3.05, 3.63) is 59.4 Å². The van der Waals surface area contributed by atoms with E-state index in [2.05, 4.69) is 10.3 Å². The minimum absolute atomic E-state index is 0.303. The summed E-state index contributed by atoms with van der Waals surface area (Å²) in [5.74, 6) is -0.303. The highest BCUT2D eigenvalue weighted by molar-refractivity contribution is 6.35. The van der Waals surface area contributed by atoms with Crippen molar-refractivity contribution in [1.82, 2.24) is 4.98 Å². The predicted octanol–water partition coefficient (Wildman–Crippen LogP) is 4.74. The lowest BCUT2D eigenvalue weighted by molar-refractivity contribution is 0.631. The molecule has 0 spiro atoms. The predicted molar refractivity (Wildman–Crippen MR) is 81.7 cm³/mol. The van der Waals surface area contributed by atoms with Gasteiger partial charge < -0.3 is 5.32 Å². The Balaban J connectivity index is 2.34. The van der Waals surface area contributed by atoms with Crippen LogP contribution in [0.15, 0.2) is 48.5 Å². The molecule has 0 bridgehead atoms. The van der Waals surface area contributed by atoms with Gasteiger partial charge in [0, 0.05) is 18.0 Å². The van der Waals surface area contributed by atoms with E-state index in [1.54, 1.807) is 31.3 Å². The largest absolute Gasteiger partial charge is 0.386 e. The molecule has 20 heavy (non-hydrogen) atoms. The van der Waals surface area contributed by atoms with Crippen molar-refractivity contribution in [1.29, 1.82) is 0 Å². The summed E-state index contributed by atoms with van der Waals surface area (Å²) in [5, 5.41) is 4.54. The van der Waals surface area contributed by atoms with Crippen LogP contribution < -0.4 is 5.32 Å². The zero-order valence-electron chi connectivity index (χ0n) is 10.8. The van der Waals surface area contributed by atoms with Gasteiger partial charge >= 0.3 is 0 Å². The number of halogens is 2. The fourth-order valence-corrected chi connectivity index (χ4v) is 2.44. The zero-order valence-corrected chi connectivity index (χ0v) is 11.6. The summed E-state index contributed by atoms with van der Waals surface area (Å²) in [6.07, 6.45) is 0. The van der Waals surface area contributed by atoms with Crippen molar-refractivity contribution < 1.29 is 4.39 Å². The minimum atomic E-state index is -0.303. The Morgan fingerprint density at radius 2 is 1.90 bits per heavy atom. The molecular weight excluding hydrogens is 275 g/mol. The Hall–Kier alpha value is -2.13. The van der Waals surface area contributed by atoms with Crippen molar-refractivity contribution in [3.8, 4) is 11.3 Å². The number of fused-ring (bicyclic) bond motifs is 1. The smallest absolute Gasteiger partial charge is 0.132 e. The van der Waals surface area contributed by atoms with Crippen LogP contribution in [0.25, 0.3) is 22.2 Å². The summed E-state index contributed by atoms with van der Waals surface area (Å²) in [5.41, 5.74) is 2.46. The summed E-state index contributed by atoms with van der Waals surface area (Å²) in [7, 11) is 1.79. The van der Waals surface area contributed by atoms with Gasteiger partial charge in [-0.3, -0.25) is 0 Å². The quantitative estimate of drug-likeness (QED) is 0.736. The molecule has 0 amide bonds. The van der Waals surface area contributed by atoms with Gasteiger partial charge in [0.25, 0.3) is 0 Å². The van der Waals surface area contributed by atoms with E-state index in [1.807, 2.05) is 18.2 Å². The maximum absolute atomic E-state index is 14.0. The van der Waals surface area contributed by atoms with Crippen LogP contribution in [0.3, 0.4) is 0 Å². The first-order valence-corrected chi connectivity index (χ1v) is 6.60. The van der Waals surface area contributed by atoms with Gasteiger partial charge in [-0.25, -0.2) is 9.37 Å². The summed E-state index contributed by atoms with van der Waals surface area (Å²) < 4.78 is 14.0. The molecule has 2 aromatic carbocycles. The van der Waals surface area contributed by atoms with Gasteiger partial charge in [-0.2, -0.15) is 0 Å². The molecule has 0 aliphatic carbocycles. The van der Waals surface area contributed by atoms with Gasteiger partial charge in [0.05, 0.1) is 21.9 Å². The number of benzene rings is 2. The van der Waals surface area contributed by atoms with Gasteiger partial charge in [0.1, 0.15) is 5.82 Å². The van der Waals surface area contributed by atoms with E-state index in [9.17, 15) is 4.39 Å². The zero-order chi connectivity index (χ0) is 14.1. The number of aromatic nitrogens is 1. The summed E-state index contributed by atoms with van der Waals surface area (Å²) in [6, 6.07) is 14.1. The number of rotatable bonds is 2. The maximum Gasteiger partial charge on any atom is 0.132 e. The van der Waals surface area contributed by atoms with Crippen molar-refractivity contribution in [2.75, 3.05) is 12.4 Å². The second-order valence-electron chi connectivity index (χ2n) is 4.43. The number of nitrogens with zero attached hydrogens (tertiary/aromatic N) is 1. The molecule has 0 aliphatic rings.